The lowest BCUT2D eigenvalue weighted by Gasteiger charge is -2.19. The molecule has 0 saturated carbocycles. The monoisotopic (exact) mass is 313 g/mol. The molecule has 4 heteroatoms. The van der Waals surface area contributed by atoms with E-state index in [1.165, 1.54) is 5.56 Å². The van der Waals surface area contributed by atoms with Gasteiger partial charge in [-0.2, -0.15) is 0 Å². The average molecular weight is 313 g/mol. The fourth-order valence-corrected chi connectivity index (χ4v) is 2.17. The molecule has 0 fully saturated rings. The van der Waals surface area contributed by atoms with Crippen molar-refractivity contribution < 1.29 is 14.6 Å². The number of carbonyl (C=O) groups excluding carboxylic acids is 1. The Balaban J connectivity index is 1.92. The number of para-hydroxylation sites is 1. The summed E-state index contributed by atoms with van der Waals surface area (Å²) in [4.78, 5) is 12.0. The summed E-state index contributed by atoms with van der Waals surface area (Å²) < 4.78 is 5.47. The van der Waals surface area contributed by atoms with Crippen LogP contribution in [0.15, 0.2) is 48.5 Å². The fourth-order valence-electron chi connectivity index (χ4n) is 2.17. The number of carbonyl (C=O) groups is 1. The van der Waals surface area contributed by atoms with Crippen molar-refractivity contribution in [2.75, 3.05) is 11.9 Å². The molecule has 0 atom stereocenters. The van der Waals surface area contributed by atoms with Crippen LogP contribution in [0.5, 0.6) is 5.75 Å². The summed E-state index contributed by atoms with van der Waals surface area (Å²) in [5, 5.41) is 12.0. The van der Waals surface area contributed by atoms with Gasteiger partial charge in [0.2, 0.25) is 0 Å². The maximum Gasteiger partial charge on any atom is 0.262 e. The van der Waals surface area contributed by atoms with Gasteiger partial charge in [-0.05, 0) is 29.2 Å². The molecule has 0 radical (unpaired) electrons. The van der Waals surface area contributed by atoms with E-state index in [1.54, 1.807) is 18.2 Å². The Kier molecular flexibility index (Phi) is 5.40. The Labute approximate surface area is 137 Å². The van der Waals surface area contributed by atoms with Gasteiger partial charge in [-0.1, -0.05) is 51.1 Å². The maximum atomic E-state index is 12.0. The van der Waals surface area contributed by atoms with Crippen LogP contribution in [0.4, 0.5) is 5.69 Å². The highest BCUT2D eigenvalue weighted by Crippen LogP contribution is 2.23. The molecule has 2 rings (SSSR count). The van der Waals surface area contributed by atoms with Gasteiger partial charge in [0.15, 0.2) is 6.61 Å². The van der Waals surface area contributed by atoms with Gasteiger partial charge in [0.1, 0.15) is 5.75 Å². The largest absolute Gasteiger partial charge is 0.483 e. The number of anilines is 1. The molecule has 0 bridgehead atoms. The van der Waals surface area contributed by atoms with Crippen LogP contribution < -0.4 is 10.1 Å². The first-order valence-corrected chi connectivity index (χ1v) is 7.62. The van der Waals surface area contributed by atoms with E-state index in [4.69, 9.17) is 4.74 Å². The lowest BCUT2D eigenvalue weighted by atomic mass is 9.87. The van der Waals surface area contributed by atoms with Crippen LogP contribution in [0.3, 0.4) is 0 Å². The van der Waals surface area contributed by atoms with Crippen molar-refractivity contribution in [3.63, 3.8) is 0 Å². The summed E-state index contributed by atoms with van der Waals surface area (Å²) >= 11 is 0. The van der Waals surface area contributed by atoms with Crippen molar-refractivity contribution in [3.05, 3.63) is 59.7 Å². The van der Waals surface area contributed by atoms with E-state index in [0.29, 0.717) is 11.3 Å². The van der Waals surface area contributed by atoms with E-state index >= 15 is 0 Å². The molecule has 2 aromatic carbocycles. The molecule has 23 heavy (non-hydrogen) atoms. The van der Waals surface area contributed by atoms with Gasteiger partial charge in [0, 0.05) is 11.3 Å². The third-order valence-electron chi connectivity index (χ3n) is 3.54. The first-order valence-electron chi connectivity index (χ1n) is 7.62. The van der Waals surface area contributed by atoms with Crippen LogP contribution in [-0.4, -0.2) is 17.6 Å². The predicted octanol–water partition coefficient (Wildman–Crippen LogP) is 3.49. The first-order chi connectivity index (χ1) is 10.9. The van der Waals surface area contributed by atoms with Crippen LogP contribution in [0.2, 0.25) is 0 Å². The van der Waals surface area contributed by atoms with Crippen molar-refractivity contribution in [1.82, 2.24) is 0 Å². The number of hydrogen-bond acceptors (Lipinski definition) is 3. The van der Waals surface area contributed by atoms with Crippen LogP contribution >= 0.6 is 0 Å². The van der Waals surface area contributed by atoms with Gasteiger partial charge >= 0.3 is 0 Å². The summed E-state index contributed by atoms with van der Waals surface area (Å²) in [6.07, 6.45) is 0. The number of aliphatic hydroxyl groups is 1. The van der Waals surface area contributed by atoms with Gasteiger partial charge in [-0.3, -0.25) is 4.79 Å². The van der Waals surface area contributed by atoms with Crippen molar-refractivity contribution in [3.8, 4) is 5.75 Å². The van der Waals surface area contributed by atoms with Crippen LogP contribution in [0.25, 0.3) is 0 Å². The zero-order valence-electron chi connectivity index (χ0n) is 13.8. The van der Waals surface area contributed by atoms with Crippen molar-refractivity contribution in [2.24, 2.45) is 0 Å². The number of amides is 1. The van der Waals surface area contributed by atoms with Gasteiger partial charge < -0.3 is 15.2 Å². The number of hydrogen-bond donors (Lipinski definition) is 2. The topological polar surface area (TPSA) is 58.6 Å². The van der Waals surface area contributed by atoms with Crippen LogP contribution in [-0.2, 0) is 16.8 Å². The minimum absolute atomic E-state index is 0.0830. The van der Waals surface area contributed by atoms with Gasteiger partial charge in [-0.15, -0.1) is 0 Å². The zero-order valence-corrected chi connectivity index (χ0v) is 13.8. The summed E-state index contributed by atoms with van der Waals surface area (Å²) in [7, 11) is 0. The van der Waals surface area contributed by atoms with E-state index in [-0.39, 0.29) is 24.5 Å². The molecular formula is C19H23NO3. The lowest BCUT2D eigenvalue weighted by molar-refractivity contribution is -0.118. The lowest BCUT2D eigenvalue weighted by Crippen LogP contribution is -2.20. The molecule has 0 aromatic heterocycles. The minimum Gasteiger partial charge on any atom is -0.483 e. The van der Waals surface area contributed by atoms with E-state index in [2.05, 4.69) is 26.1 Å². The zero-order chi connectivity index (χ0) is 16.9. The molecule has 2 N–H and O–H groups in total. The molecule has 4 nitrogen and oxygen atoms in total. The van der Waals surface area contributed by atoms with Gasteiger partial charge in [0.25, 0.3) is 5.91 Å². The molecule has 0 aliphatic rings. The SMILES string of the molecule is CC(C)(C)c1ccc(NC(=O)COc2ccccc2CO)cc1. The quantitative estimate of drug-likeness (QED) is 0.888. The number of rotatable bonds is 5. The molecule has 2 aromatic rings. The highest BCUT2D eigenvalue weighted by molar-refractivity contribution is 5.91. The third-order valence-corrected chi connectivity index (χ3v) is 3.54. The van der Waals surface area contributed by atoms with E-state index < -0.39 is 0 Å². The number of nitrogens with one attached hydrogen (secondary N) is 1. The van der Waals surface area contributed by atoms with Gasteiger partial charge in [0.05, 0.1) is 6.61 Å². The van der Waals surface area contributed by atoms with Crippen molar-refractivity contribution >= 4 is 11.6 Å². The molecule has 1 amide bonds. The molecule has 0 aliphatic heterocycles. The Hall–Kier alpha value is -2.33. The Bertz CT molecular complexity index is 657. The van der Waals surface area contributed by atoms with E-state index in [1.807, 2.05) is 30.3 Å². The second kappa shape index (κ2) is 7.29. The van der Waals surface area contributed by atoms with Gasteiger partial charge in [-0.25, -0.2) is 0 Å². The summed E-state index contributed by atoms with van der Waals surface area (Å²) in [5.41, 5.74) is 2.69. The second-order valence-corrected chi connectivity index (χ2v) is 6.43. The highest BCUT2D eigenvalue weighted by atomic mass is 16.5. The first kappa shape index (κ1) is 17.0. The minimum atomic E-state index is -0.235. The third kappa shape index (κ3) is 4.83. The second-order valence-electron chi connectivity index (χ2n) is 6.43. The summed E-state index contributed by atoms with van der Waals surface area (Å²) in [6.45, 7) is 6.22. The van der Waals surface area contributed by atoms with Crippen LogP contribution in [0, 0.1) is 0 Å². The Morgan fingerprint density at radius 2 is 1.74 bits per heavy atom. The Morgan fingerprint density at radius 3 is 2.35 bits per heavy atom. The normalized spacial score (nSPS) is 11.1. The fraction of sp³-hybridized carbons (Fsp3) is 0.316. The molecule has 0 spiro atoms. The average Bonchev–Trinajstić information content (AvgIpc) is 2.53. The molecule has 0 heterocycles. The molecule has 0 saturated heterocycles. The maximum absolute atomic E-state index is 12.0. The highest BCUT2D eigenvalue weighted by Gasteiger charge is 2.13. The standard InChI is InChI=1S/C19H23NO3/c1-19(2,3)15-8-10-16(11-9-15)20-18(22)13-23-17-7-5-4-6-14(17)12-21/h4-11,21H,12-13H2,1-3H3,(H,20,22). The number of benzene rings is 2. The number of ether oxygens (including phenoxy) is 1. The van der Waals surface area contributed by atoms with Crippen molar-refractivity contribution in [1.29, 1.82) is 0 Å². The van der Waals surface area contributed by atoms with Crippen molar-refractivity contribution in [2.45, 2.75) is 32.8 Å². The summed E-state index contributed by atoms with van der Waals surface area (Å²) in [5.74, 6) is 0.287. The molecule has 0 aliphatic carbocycles. The van der Waals surface area contributed by atoms with E-state index in [9.17, 15) is 9.90 Å². The summed E-state index contributed by atoms with van der Waals surface area (Å²) in [6, 6.07) is 14.9. The van der Waals surface area contributed by atoms with E-state index in [0.717, 1.165) is 5.69 Å². The molecule has 122 valence electrons. The number of aliphatic hydroxyl groups excluding tert-OH is 1. The molecular weight excluding hydrogens is 290 g/mol. The predicted molar refractivity (Wildman–Crippen MR) is 91.6 cm³/mol. The Morgan fingerprint density at radius 1 is 1.09 bits per heavy atom. The molecule has 0 unspecified atom stereocenters. The smallest absolute Gasteiger partial charge is 0.262 e. The van der Waals surface area contributed by atoms with Crippen LogP contribution in [0.1, 0.15) is 31.9 Å².